The highest BCUT2D eigenvalue weighted by atomic mass is 19.2. The molecule has 122 valence electrons. The topological polar surface area (TPSA) is 15.3 Å². The van der Waals surface area contributed by atoms with E-state index in [1.807, 2.05) is 0 Å². The molecule has 2 nitrogen and oxygen atoms in total. The van der Waals surface area contributed by atoms with Crippen LogP contribution in [0.3, 0.4) is 0 Å². The van der Waals surface area contributed by atoms with Gasteiger partial charge < -0.3 is 10.2 Å². The van der Waals surface area contributed by atoms with Gasteiger partial charge in [-0.3, -0.25) is 0 Å². The zero-order valence-electron chi connectivity index (χ0n) is 12.7. The van der Waals surface area contributed by atoms with Crippen molar-refractivity contribution in [1.82, 2.24) is 0 Å². The van der Waals surface area contributed by atoms with Crippen LogP contribution in [0.1, 0.15) is 12.8 Å². The molecule has 1 aliphatic rings. The molecular formula is C18H19F3N2. The molecule has 0 aliphatic carbocycles. The molecule has 0 radical (unpaired) electrons. The van der Waals surface area contributed by atoms with E-state index < -0.39 is 11.6 Å². The smallest absolute Gasteiger partial charge is 0.160 e. The molecule has 0 bridgehead atoms. The molecule has 1 aliphatic heterocycles. The van der Waals surface area contributed by atoms with Crippen LogP contribution in [0, 0.1) is 23.4 Å². The standard InChI is InChI=1S/C18H19F3N2/c19-14-1-4-16(5-2-14)23-9-7-13(8-10-23)12-22-15-3-6-17(20)18(21)11-15/h1-6,11,13,22H,7-10,12H2. The molecule has 0 saturated carbocycles. The number of piperidine rings is 1. The average Bonchev–Trinajstić information content (AvgIpc) is 2.57. The summed E-state index contributed by atoms with van der Waals surface area (Å²) in [5.74, 6) is -1.40. The number of benzene rings is 2. The molecule has 1 fully saturated rings. The van der Waals surface area contributed by atoms with Crippen molar-refractivity contribution in [2.45, 2.75) is 12.8 Å². The van der Waals surface area contributed by atoms with Gasteiger partial charge >= 0.3 is 0 Å². The van der Waals surface area contributed by atoms with E-state index in [9.17, 15) is 13.2 Å². The quantitative estimate of drug-likeness (QED) is 0.896. The van der Waals surface area contributed by atoms with Crippen LogP contribution in [0.15, 0.2) is 42.5 Å². The van der Waals surface area contributed by atoms with Crippen LogP contribution in [-0.2, 0) is 0 Å². The molecule has 23 heavy (non-hydrogen) atoms. The van der Waals surface area contributed by atoms with Gasteiger partial charge in [-0.15, -0.1) is 0 Å². The molecule has 0 spiro atoms. The second kappa shape index (κ2) is 6.94. The zero-order chi connectivity index (χ0) is 16.2. The molecule has 3 rings (SSSR count). The Morgan fingerprint density at radius 2 is 1.61 bits per heavy atom. The Labute approximate surface area is 133 Å². The zero-order valence-corrected chi connectivity index (χ0v) is 12.7. The second-order valence-corrected chi connectivity index (χ2v) is 5.92. The molecule has 5 heteroatoms. The highest BCUT2D eigenvalue weighted by molar-refractivity contribution is 5.47. The Morgan fingerprint density at radius 3 is 2.26 bits per heavy atom. The van der Waals surface area contributed by atoms with Gasteiger partial charge in [0, 0.05) is 31.0 Å². The SMILES string of the molecule is Fc1ccc(N2CCC(CNc3ccc(F)c(F)c3)CC2)cc1. The summed E-state index contributed by atoms with van der Waals surface area (Å²) in [7, 11) is 0. The van der Waals surface area contributed by atoms with Crippen molar-refractivity contribution >= 4 is 11.4 Å². The van der Waals surface area contributed by atoms with Crippen LogP contribution in [-0.4, -0.2) is 19.6 Å². The predicted octanol–water partition coefficient (Wildman–Crippen LogP) is 4.43. The Kier molecular flexibility index (Phi) is 4.74. The van der Waals surface area contributed by atoms with Crippen LogP contribution >= 0.6 is 0 Å². The first-order chi connectivity index (χ1) is 11.1. The van der Waals surface area contributed by atoms with Gasteiger partial charge in [-0.25, -0.2) is 13.2 Å². The van der Waals surface area contributed by atoms with E-state index in [0.717, 1.165) is 44.2 Å². The number of rotatable bonds is 4. The lowest BCUT2D eigenvalue weighted by Gasteiger charge is -2.33. The van der Waals surface area contributed by atoms with E-state index in [-0.39, 0.29) is 5.82 Å². The average molecular weight is 320 g/mol. The van der Waals surface area contributed by atoms with Gasteiger partial charge in [0.05, 0.1) is 0 Å². The Bertz CT molecular complexity index is 650. The second-order valence-electron chi connectivity index (χ2n) is 5.92. The van der Waals surface area contributed by atoms with E-state index in [1.54, 1.807) is 18.2 Å². The summed E-state index contributed by atoms with van der Waals surface area (Å²) in [6.45, 7) is 2.56. The van der Waals surface area contributed by atoms with Crippen molar-refractivity contribution in [3.63, 3.8) is 0 Å². The monoisotopic (exact) mass is 320 g/mol. The highest BCUT2D eigenvalue weighted by Gasteiger charge is 2.19. The van der Waals surface area contributed by atoms with Crippen molar-refractivity contribution in [2.75, 3.05) is 29.9 Å². The fourth-order valence-electron chi connectivity index (χ4n) is 2.92. The first-order valence-corrected chi connectivity index (χ1v) is 7.81. The summed E-state index contributed by atoms with van der Waals surface area (Å²) < 4.78 is 39.0. The van der Waals surface area contributed by atoms with E-state index in [4.69, 9.17) is 0 Å². The van der Waals surface area contributed by atoms with Gasteiger partial charge in [0.15, 0.2) is 11.6 Å². The van der Waals surface area contributed by atoms with Gasteiger partial charge in [-0.05, 0) is 61.2 Å². The first kappa shape index (κ1) is 15.7. The molecule has 0 unspecified atom stereocenters. The first-order valence-electron chi connectivity index (χ1n) is 7.81. The van der Waals surface area contributed by atoms with Crippen molar-refractivity contribution in [3.8, 4) is 0 Å². The minimum absolute atomic E-state index is 0.223. The van der Waals surface area contributed by atoms with Gasteiger partial charge in [-0.1, -0.05) is 0 Å². The van der Waals surface area contributed by atoms with E-state index in [1.165, 1.54) is 18.2 Å². The van der Waals surface area contributed by atoms with E-state index in [0.29, 0.717) is 11.6 Å². The molecule has 1 heterocycles. The van der Waals surface area contributed by atoms with E-state index >= 15 is 0 Å². The lowest BCUT2D eigenvalue weighted by atomic mass is 9.96. The van der Waals surface area contributed by atoms with Crippen molar-refractivity contribution in [2.24, 2.45) is 5.92 Å². The molecule has 0 amide bonds. The van der Waals surface area contributed by atoms with Crippen LogP contribution in [0.2, 0.25) is 0 Å². The third-order valence-electron chi connectivity index (χ3n) is 4.32. The molecule has 1 saturated heterocycles. The third-order valence-corrected chi connectivity index (χ3v) is 4.32. The number of nitrogens with zero attached hydrogens (tertiary/aromatic N) is 1. The minimum Gasteiger partial charge on any atom is -0.385 e. The number of anilines is 2. The molecular weight excluding hydrogens is 301 g/mol. The maximum absolute atomic E-state index is 13.2. The largest absolute Gasteiger partial charge is 0.385 e. The minimum atomic E-state index is -0.832. The van der Waals surface area contributed by atoms with Crippen LogP contribution in [0.5, 0.6) is 0 Å². The molecule has 1 N–H and O–H groups in total. The number of halogens is 3. The van der Waals surface area contributed by atoms with Crippen LogP contribution in [0.25, 0.3) is 0 Å². The molecule has 0 aromatic heterocycles. The number of hydrogen-bond donors (Lipinski definition) is 1. The van der Waals surface area contributed by atoms with Gasteiger partial charge in [0.1, 0.15) is 5.82 Å². The summed E-state index contributed by atoms with van der Waals surface area (Å²) in [6, 6.07) is 10.4. The predicted molar refractivity (Wildman–Crippen MR) is 86.2 cm³/mol. The third kappa shape index (κ3) is 3.97. The Morgan fingerprint density at radius 1 is 0.913 bits per heavy atom. The lowest BCUT2D eigenvalue weighted by Crippen LogP contribution is -2.35. The summed E-state index contributed by atoms with van der Waals surface area (Å²) in [5, 5.41) is 3.17. The van der Waals surface area contributed by atoms with E-state index in [2.05, 4.69) is 10.2 Å². The van der Waals surface area contributed by atoms with Crippen LogP contribution < -0.4 is 10.2 Å². The van der Waals surface area contributed by atoms with Crippen molar-refractivity contribution < 1.29 is 13.2 Å². The maximum Gasteiger partial charge on any atom is 0.160 e. The number of hydrogen-bond acceptors (Lipinski definition) is 2. The summed E-state index contributed by atoms with van der Waals surface area (Å²) >= 11 is 0. The van der Waals surface area contributed by atoms with Crippen LogP contribution in [0.4, 0.5) is 24.5 Å². The molecule has 2 aromatic carbocycles. The normalized spacial score (nSPS) is 15.7. The van der Waals surface area contributed by atoms with Crippen molar-refractivity contribution in [1.29, 1.82) is 0 Å². The summed E-state index contributed by atoms with van der Waals surface area (Å²) in [4.78, 5) is 2.24. The van der Waals surface area contributed by atoms with Gasteiger partial charge in [0.2, 0.25) is 0 Å². The van der Waals surface area contributed by atoms with Gasteiger partial charge in [-0.2, -0.15) is 0 Å². The molecule has 2 aromatic rings. The summed E-state index contributed by atoms with van der Waals surface area (Å²) in [6.07, 6.45) is 2.02. The summed E-state index contributed by atoms with van der Waals surface area (Å²) in [5.41, 5.74) is 1.64. The molecule has 0 atom stereocenters. The fourth-order valence-corrected chi connectivity index (χ4v) is 2.92. The van der Waals surface area contributed by atoms with Gasteiger partial charge in [0.25, 0.3) is 0 Å². The maximum atomic E-state index is 13.2. The van der Waals surface area contributed by atoms with Crippen molar-refractivity contribution in [3.05, 3.63) is 59.9 Å². The number of nitrogens with one attached hydrogen (secondary N) is 1. The Hall–Kier alpha value is -2.17. The highest BCUT2D eigenvalue weighted by Crippen LogP contribution is 2.24. The fraction of sp³-hybridized carbons (Fsp3) is 0.333. The Balaban J connectivity index is 1.49. The lowest BCUT2D eigenvalue weighted by molar-refractivity contribution is 0.423.